The van der Waals surface area contributed by atoms with Crippen molar-refractivity contribution >= 4 is 23.2 Å². The van der Waals surface area contributed by atoms with Crippen molar-refractivity contribution in [3.63, 3.8) is 0 Å². The molecule has 1 amide bonds. The lowest BCUT2D eigenvalue weighted by molar-refractivity contribution is -0.141. The lowest BCUT2D eigenvalue weighted by Crippen LogP contribution is -2.33. The van der Waals surface area contributed by atoms with Crippen molar-refractivity contribution in [3.05, 3.63) is 29.5 Å². The number of carbonyl (C=O) groups excluding carboxylic acids is 1. The van der Waals surface area contributed by atoms with Gasteiger partial charge in [-0.1, -0.05) is 13.3 Å². The fourth-order valence-corrected chi connectivity index (χ4v) is 2.63. The summed E-state index contributed by atoms with van der Waals surface area (Å²) in [6.45, 7) is 2.02. The van der Waals surface area contributed by atoms with Crippen LogP contribution in [0.4, 0.5) is 0 Å². The quantitative estimate of drug-likeness (QED) is 0.820. The van der Waals surface area contributed by atoms with Crippen molar-refractivity contribution in [3.8, 4) is 10.8 Å². The SMILES string of the molecule is CCCC(CNC(=O)c1csc(-c2ccco2)n1)C(=O)O. The zero-order chi connectivity index (χ0) is 15.2. The highest BCUT2D eigenvalue weighted by molar-refractivity contribution is 7.13. The molecular formula is C14H16N2O4S. The number of hydrogen-bond donors (Lipinski definition) is 2. The highest BCUT2D eigenvalue weighted by Crippen LogP contribution is 2.23. The summed E-state index contributed by atoms with van der Waals surface area (Å²) in [5.74, 6) is -1.23. The summed E-state index contributed by atoms with van der Waals surface area (Å²) in [5.41, 5.74) is 0.270. The highest BCUT2D eigenvalue weighted by Gasteiger charge is 2.19. The third-order valence-corrected chi connectivity index (χ3v) is 3.82. The largest absolute Gasteiger partial charge is 0.481 e. The van der Waals surface area contributed by atoms with Gasteiger partial charge < -0.3 is 14.8 Å². The second kappa shape index (κ2) is 7.03. The maximum Gasteiger partial charge on any atom is 0.308 e. The second-order valence-corrected chi connectivity index (χ2v) is 5.41. The van der Waals surface area contributed by atoms with Crippen molar-refractivity contribution in [1.29, 1.82) is 0 Å². The topological polar surface area (TPSA) is 92.4 Å². The number of nitrogens with zero attached hydrogens (tertiary/aromatic N) is 1. The predicted octanol–water partition coefficient (Wildman–Crippen LogP) is 2.63. The molecule has 0 aromatic carbocycles. The van der Waals surface area contributed by atoms with Gasteiger partial charge in [-0.15, -0.1) is 11.3 Å². The van der Waals surface area contributed by atoms with E-state index in [0.29, 0.717) is 17.2 Å². The van der Waals surface area contributed by atoms with Crippen LogP contribution in [0.25, 0.3) is 10.8 Å². The number of thiazole rings is 1. The number of hydrogen-bond acceptors (Lipinski definition) is 5. The van der Waals surface area contributed by atoms with Gasteiger partial charge in [-0.3, -0.25) is 9.59 Å². The van der Waals surface area contributed by atoms with E-state index < -0.39 is 11.9 Å². The standard InChI is InChI=1S/C14H16N2O4S/c1-2-4-9(14(18)19)7-15-12(17)10-8-21-13(16-10)11-5-3-6-20-11/h3,5-6,8-9H,2,4,7H2,1H3,(H,15,17)(H,18,19). The van der Waals surface area contributed by atoms with Crippen molar-refractivity contribution in [2.75, 3.05) is 6.54 Å². The van der Waals surface area contributed by atoms with E-state index in [1.807, 2.05) is 6.92 Å². The number of aromatic nitrogens is 1. The van der Waals surface area contributed by atoms with Crippen molar-refractivity contribution < 1.29 is 19.1 Å². The molecule has 2 heterocycles. The van der Waals surface area contributed by atoms with Gasteiger partial charge in [-0.2, -0.15) is 0 Å². The van der Waals surface area contributed by atoms with E-state index >= 15 is 0 Å². The summed E-state index contributed by atoms with van der Waals surface area (Å²) < 4.78 is 5.21. The summed E-state index contributed by atoms with van der Waals surface area (Å²) in [4.78, 5) is 27.2. The smallest absolute Gasteiger partial charge is 0.308 e. The summed E-state index contributed by atoms with van der Waals surface area (Å²) >= 11 is 1.30. The number of carboxylic acids is 1. The number of aliphatic carboxylic acids is 1. The minimum absolute atomic E-state index is 0.107. The molecule has 0 radical (unpaired) electrons. The molecule has 1 atom stereocenters. The van der Waals surface area contributed by atoms with Gasteiger partial charge in [-0.05, 0) is 18.6 Å². The summed E-state index contributed by atoms with van der Waals surface area (Å²) in [6.07, 6.45) is 2.83. The van der Waals surface area contributed by atoms with Crippen molar-refractivity contribution in [2.45, 2.75) is 19.8 Å². The fourth-order valence-electron chi connectivity index (χ4n) is 1.86. The van der Waals surface area contributed by atoms with Crippen LogP contribution in [0.5, 0.6) is 0 Å². The Hall–Kier alpha value is -2.15. The first-order valence-electron chi connectivity index (χ1n) is 6.62. The van der Waals surface area contributed by atoms with Gasteiger partial charge in [0, 0.05) is 11.9 Å². The molecule has 1 unspecified atom stereocenters. The molecule has 21 heavy (non-hydrogen) atoms. The Labute approximate surface area is 125 Å². The Morgan fingerprint density at radius 3 is 2.95 bits per heavy atom. The van der Waals surface area contributed by atoms with Crippen molar-refractivity contribution in [1.82, 2.24) is 10.3 Å². The lowest BCUT2D eigenvalue weighted by atomic mass is 10.0. The van der Waals surface area contributed by atoms with Gasteiger partial charge in [-0.25, -0.2) is 4.98 Å². The maximum absolute atomic E-state index is 12.0. The number of amides is 1. The minimum atomic E-state index is -0.897. The van der Waals surface area contributed by atoms with E-state index in [9.17, 15) is 9.59 Å². The number of furan rings is 1. The van der Waals surface area contributed by atoms with Crippen LogP contribution in [-0.4, -0.2) is 28.5 Å². The van der Waals surface area contributed by atoms with Crippen LogP contribution in [0.15, 0.2) is 28.2 Å². The van der Waals surface area contributed by atoms with Crippen LogP contribution < -0.4 is 5.32 Å². The zero-order valence-corrected chi connectivity index (χ0v) is 12.4. The Morgan fingerprint density at radius 1 is 1.52 bits per heavy atom. The lowest BCUT2D eigenvalue weighted by Gasteiger charge is -2.11. The number of carboxylic acid groups (broad SMARTS) is 1. The van der Waals surface area contributed by atoms with Crippen LogP contribution in [0.1, 0.15) is 30.3 Å². The first kappa shape index (κ1) is 15.2. The van der Waals surface area contributed by atoms with Gasteiger partial charge in [0.1, 0.15) is 5.69 Å². The molecule has 2 aromatic heterocycles. The second-order valence-electron chi connectivity index (χ2n) is 4.55. The molecule has 0 saturated carbocycles. The van der Waals surface area contributed by atoms with E-state index in [-0.39, 0.29) is 18.1 Å². The predicted molar refractivity (Wildman–Crippen MR) is 78.2 cm³/mol. The number of carbonyl (C=O) groups is 2. The van der Waals surface area contributed by atoms with Gasteiger partial charge in [0.2, 0.25) is 0 Å². The van der Waals surface area contributed by atoms with E-state index in [4.69, 9.17) is 9.52 Å². The molecule has 0 fully saturated rings. The van der Waals surface area contributed by atoms with E-state index in [1.165, 1.54) is 11.3 Å². The van der Waals surface area contributed by atoms with Crippen LogP contribution in [0.2, 0.25) is 0 Å². The van der Waals surface area contributed by atoms with E-state index in [1.54, 1.807) is 23.8 Å². The molecule has 0 bridgehead atoms. The Balaban J connectivity index is 1.96. The number of rotatable bonds is 7. The zero-order valence-electron chi connectivity index (χ0n) is 11.5. The Morgan fingerprint density at radius 2 is 2.33 bits per heavy atom. The molecule has 2 rings (SSSR count). The Kier molecular flexibility index (Phi) is 5.10. The summed E-state index contributed by atoms with van der Waals surface area (Å²) in [7, 11) is 0. The maximum atomic E-state index is 12.0. The molecule has 112 valence electrons. The Bertz CT molecular complexity index is 606. The third-order valence-electron chi connectivity index (χ3n) is 2.96. The van der Waals surface area contributed by atoms with Crippen LogP contribution in [-0.2, 0) is 4.79 Å². The normalized spacial score (nSPS) is 12.0. The third kappa shape index (κ3) is 3.91. The fraction of sp³-hybridized carbons (Fsp3) is 0.357. The van der Waals surface area contributed by atoms with Crippen LogP contribution in [0.3, 0.4) is 0 Å². The first-order chi connectivity index (χ1) is 10.1. The molecule has 2 aromatic rings. The monoisotopic (exact) mass is 308 g/mol. The summed E-state index contributed by atoms with van der Waals surface area (Å²) in [5, 5.41) is 13.9. The first-order valence-corrected chi connectivity index (χ1v) is 7.50. The molecule has 0 spiro atoms. The summed E-state index contributed by atoms with van der Waals surface area (Å²) in [6, 6.07) is 3.51. The molecule has 0 saturated heterocycles. The van der Waals surface area contributed by atoms with Gasteiger partial charge in [0.05, 0.1) is 12.2 Å². The molecule has 7 heteroatoms. The molecular weight excluding hydrogens is 292 g/mol. The molecule has 0 aliphatic carbocycles. The number of nitrogens with one attached hydrogen (secondary N) is 1. The van der Waals surface area contributed by atoms with Crippen LogP contribution in [0, 0.1) is 5.92 Å². The average Bonchev–Trinajstić information content (AvgIpc) is 3.11. The minimum Gasteiger partial charge on any atom is -0.481 e. The van der Waals surface area contributed by atoms with E-state index in [0.717, 1.165) is 6.42 Å². The van der Waals surface area contributed by atoms with Crippen molar-refractivity contribution in [2.24, 2.45) is 5.92 Å². The highest BCUT2D eigenvalue weighted by atomic mass is 32.1. The molecule has 0 aliphatic rings. The molecule has 2 N–H and O–H groups in total. The van der Waals surface area contributed by atoms with E-state index in [2.05, 4.69) is 10.3 Å². The van der Waals surface area contributed by atoms with Crippen LogP contribution >= 0.6 is 11.3 Å². The average molecular weight is 308 g/mol. The molecule has 0 aliphatic heterocycles. The van der Waals surface area contributed by atoms with Gasteiger partial charge >= 0.3 is 5.97 Å². The van der Waals surface area contributed by atoms with Gasteiger partial charge in [0.15, 0.2) is 10.8 Å². The molecule has 6 nitrogen and oxygen atoms in total. The van der Waals surface area contributed by atoms with Gasteiger partial charge in [0.25, 0.3) is 5.91 Å².